The standard InChI is InChI=1S/C18H15BrF3NO2/c1-10-8-13-14(16(24)15(10)19)9-23(17(13)25)7-6-11-2-4-12(5-3-11)18(20,21)22/h2-5,8,24H,6-7,9H2,1H3. The first-order valence-electron chi connectivity index (χ1n) is 7.65. The highest BCUT2D eigenvalue weighted by Crippen LogP contribution is 2.38. The number of alkyl halides is 3. The van der Waals surface area contributed by atoms with Crippen LogP contribution in [0.15, 0.2) is 34.8 Å². The summed E-state index contributed by atoms with van der Waals surface area (Å²) < 4.78 is 38.3. The van der Waals surface area contributed by atoms with Gasteiger partial charge in [0.1, 0.15) is 5.75 Å². The highest BCUT2D eigenvalue weighted by atomic mass is 79.9. The zero-order valence-corrected chi connectivity index (χ0v) is 14.9. The van der Waals surface area contributed by atoms with Crippen LogP contribution in [0.5, 0.6) is 5.75 Å². The molecule has 0 unspecified atom stereocenters. The molecule has 0 radical (unpaired) electrons. The predicted molar refractivity (Wildman–Crippen MR) is 90.4 cm³/mol. The van der Waals surface area contributed by atoms with Gasteiger partial charge in [0, 0.05) is 17.7 Å². The fourth-order valence-corrected chi connectivity index (χ4v) is 3.26. The lowest BCUT2D eigenvalue weighted by atomic mass is 10.1. The number of aryl methyl sites for hydroxylation is 1. The van der Waals surface area contributed by atoms with Crippen molar-refractivity contribution in [3.63, 3.8) is 0 Å². The number of halogens is 4. The SMILES string of the molecule is Cc1cc2c(c(O)c1Br)CN(CCc1ccc(C(F)(F)F)cc1)C2=O. The van der Waals surface area contributed by atoms with Crippen molar-refractivity contribution in [1.82, 2.24) is 4.90 Å². The highest BCUT2D eigenvalue weighted by Gasteiger charge is 2.32. The summed E-state index contributed by atoms with van der Waals surface area (Å²) in [7, 11) is 0. The van der Waals surface area contributed by atoms with Gasteiger partial charge in [0.25, 0.3) is 5.91 Å². The van der Waals surface area contributed by atoms with Crippen LogP contribution in [-0.4, -0.2) is 22.5 Å². The molecule has 0 spiro atoms. The van der Waals surface area contributed by atoms with Crippen molar-refractivity contribution in [3.05, 3.63) is 62.6 Å². The summed E-state index contributed by atoms with van der Waals surface area (Å²) in [5.41, 5.74) is 1.86. The predicted octanol–water partition coefficient (Wildman–Crippen LogP) is 4.68. The van der Waals surface area contributed by atoms with E-state index in [1.807, 2.05) is 0 Å². The largest absolute Gasteiger partial charge is 0.506 e. The van der Waals surface area contributed by atoms with Crippen LogP contribution in [0.1, 0.15) is 32.6 Å². The quantitative estimate of drug-likeness (QED) is 0.793. The molecule has 25 heavy (non-hydrogen) atoms. The molecule has 2 aromatic rings. The number of carbonyl (C=O) groups is 1. The Bertz CT molecular complexity index is 832. The van der Waals surface area contributed by atoms with Crippen molar-refractivity contribution >= 4 is 21.8 Å². The van der Waals surface area contributed by atoms with Crippen molar-refractivity contribution in [2.24, 2.45) is 0 Å². The van der Waals surface area contributed by atoms with E-state index in [-0.39, 0.29) is 11.7 Å². The molecule has 1 N–H and O–H groups in total. The van der Waals surface area contributed by atoms with Gasteiger partial charge < -0.3 is 10.0 Å². The number of rotatable bonds is 3. The highest BCUT2D eigenvalue weighted by molar-refractivity contribution is 9.10. The lowest BCUT2D eigenvalue weighted by Gasteiger charge is -2.15. The molecular formula is C18H15BrF3NO2. The van der Waals surface area contributed by atoms with Crippen LogP contribution in [0, 0.1) is 6.92 Å². The molecule has 0 bridgehead atoms. The Morgan fingerprint density at radius 3 is 2.48 bits per heavy atom. The van der Waals surface area contributed by atoms with Gasteiger partial charge in [-0.15, -0.1) is 0 Å². The Labute approximate surface area is 151 Å². The van der Waals surface area contributed by atoms with Crippen LogP contribution in [0.2, 0.25) is 0 Å². The maximum atomic E-state index is 12.6. The molecule has 3 rings (SSSR count). The third-order valence-electron chi connectivity index (χ3n) is 4.34. The number of aromatic hydroxyl groups is 1. The van der Waals surface area contributed by atoms with E-state index in [1.165, 1.54) is 12.1 Å². The van der Waals surface area contributed by atoms with Crippen LogP contribution in [0.25, 0.3) is 0 Å². The molecule has 0 aliphatic carbocycles. The second kappa shape index (κ2) is 6.37. The van der Waals surface area contributed by atoms with Gasteiger partial charge in [-0.1, -0.05) is 12.1 Å². The second-order valence-electron chi connectivity index (χ2n) is 6.05. The maximum Gasteiger partial charge on any atom is 0.416 e. The Morgan fingerprint density at radius 2 is 1.88 bits per heavy atom. The number of carbonyl (C=O) groups excluding carboxylic acids is 1. The average molecular weight is 414 g/mol. The molecule has 1 aliphatic rings. The first kappa shape index (κ1) is 17.8. The van der Waals surface area contributed by atoms with Crippen molar-refractivity contribution in [3.8, 4) is 5.75 Å². The number of phenolic OH excluding ortho intramolecular Hbond substituents is 1. The van der Waals surface area contributed by atoms with Crippen LogP contribution >= 0.6 is 15.9 Å². The van der Waals surface area contributed by atoms with Gasteiger partial charge in [-0.05, 0) is 58.6 Å². The van der Waals surface area contributed by atoms with E-state index in [1.54, 1.807) is 17.9 Å². The molecule has 0 atom stereocenters. The minimum absolute atomic E-state index is 0.0698. The monoisotopic (exact) mass is 413 g/mol. The third-order valence-corrected chi connectivity index (χ3v) is 5.35. The van der Waals surface area contributed by atoms with E-state index in [0.717, 1.165) is 23.3 Å². The van der Waals surface area contributed by atoms with Gasteiger partial charge in [-0.2, -0.15) is 13.2 Å². The van der Waals surface area contributed by atoms with Crippen LogP contribution < -0.4 is 0 Å². The van der Waals surface area contributed by atoms with Gasteiger partial charge >= 0.3 is 6.18 Å². The van der Waals surface area contributed by atoms with E-state index in [0.29, 0.717) is 35.1 Å². The lowest BCUT2D eigenvalue weighted by molar-refractivity contribution is -0.137. The van der Waals surface area contributed by atoms with Crippen LogP contribution in [-0.2, 0) is 19.1 Å². The summed E-state index contributed by atoms with van der Waals surface area (Å²) in [5, 5.41) is 10.2. The number of phenols is 1. The van der Waals surface area contributed by atoms with Gasteiger partial charge in [0.05, 0.1) is 16.6 Å². The second-order valence-corrected chi connectivity index (χ2v) is 6.85. The summed E-state index contributed by atoms with van der Waals surface area (Å²) >= 11 is 3.30. The first-order valence-corrected chi connectivity index (χ1v) is 8.44. The molecule has 7 heteroatoms. The Kier molecular flexibility index (Phi) is 4.53. The molecule has 132 valence electrons. The molecule has 1 amide bonds. The average Bonchev–Trinajstić information content (AvgIpc) is 2.87. The topological polar surface area (TPSA) is 40.5 Å². The summed E-state index contributed by atoms with van der Waals surface area (Å²) in [6.45, 7) is 2.46. The molecule has 0 saturated heterocycles. The number of hydrogen-bond acceptors (Lipinski definition) is 2. The molecule has 3 nitrogen and oxygen atoms in total. The molecule has 1 heterocycles. The molecule has 2 aromatic carbocycles. The lowest BCUT2D eigenvalue weighted by Crippen LogP contribution is -2.26. The molecule has 1 aliphatic heterocycles. The molecule has 0 saturated carbocycles. The smallest absolute Gasteiger partial charge is 0.416 e. The zero-order valence-electron chi connectivity index (χ0n) is 13.3. The number of amides is 1. The third kappa shape index (κ3) is 3.38. The number of benzene rings is 2. The Balaban J connectivity index is 1.71. The normalized spacial score (nSPS) is 14.1. The minimum Gasteiger partial charge on any atom is -0.506 e. The van der Waals surface area contributed by atoms with Gasteiger partial charge in [0.15, 0.2) is 0 Å². The fraction of sp³-hybridized carbons (Fsp3) is 0.278. The van der Waals surface area contributed by atoms with Gasteiger partial charge in [0.2, 0.25) is 0 Å². The summed E-state index contributed by atoms with van der Waals surface area (Å²) in [4.78, 5) is 14.1. The number of hydrogen-bond donors (Lipinski definition) is 1. The van der Waals surface area contributed by atoms with Crippen LogP contribution in [0.3, 0.4) is 0 Å². The van der Waals surface area contributed by atoms with Gasteiger partial charge in [-0.25, -0.2) is 0 Å². The van der Waals surface area contributed by atoms with Crippen molar-refractivity contribution in [2.75, 3.05) is 6.54 Å². The summed E-state index contributed by atoms with van der Waals surface area (Å²) in [5.74, 6) is -0.104. The Morgan fingerprint density at radius 1 is 1.24 bits per heavy atom. The van der Waals surface area contributed by atoms with E-state index in [9.17, 15) is 23.1 Å². The van der Waals surface area contributed by atoms with Crippen molar-refractivity contribution in [1.29, 1.82) is 0 Å². The summed E-state index contributed by atoms with van der Waals surface area (Å²) in [6, 6.07) is 6.67. The van der Waals surface area contributed by atoms with Crippen molar-refractivity contribution in [2.45, 2.75) is 26.1 Å². The molecule has 0 fully saturated rings. The first-order chi connectivity index (χ1) is 11.7. The number of fused-ring (bicyclic) bond motifs is 1. The van der Waals surface area contributed by atoms with E-state index >= 15 is 0 Å². The van der Waals surface area contributed by atoms with E-state index in [2.05, 4.69) is 15.9 Å². The fourth-order valence-electron chi connectivity index (χ4n) is 2.90. The minimum atomic E-state index is -4.35. The summed E-state index contributed by atoms with van der Waals surface area (Å²) in [6.07, 6.45) is -3.91. The molecule has 0 aromatic heterocycles. The maximum absolute atomic E-state index is 12.6. The molecular weight excluding hydrogens is 399 g/mol. The van der Waals surface area contributed by atoms with Crippen LogP contribution in [0.4, 0.5) is 13.2 Å². The van der Waals surface area contributed by atoms with Crippen molar-refractivity contribution < 1.29 is 23.1 Å². The zero-order chi connectivity index (χ0) is 18.4. The van der Waals surface area contributed by atoms with E-state index < -0.39 is 11.7 Å². The Hall–Kier alpha value is -2.02. The number of nitrogens with zero attached hydrogens (tertiary/aromatic N) is 1. The van der Waals surface area contributed by atoms with E-state index in [4.69, 9.17) is 0 Å². The van der Waals surface area contributed by atoms with Gasteiger partial charge in [-0.3, -0.25) is 4.79 Å².